The number of likely N-dealkylation sites (tertiary alicyclic amines) is 1. The first-order valence-electron chi connectivity index (χ1n) is 9.73. The van der Waals surface area contributed by atoms with Gasteiger partial charge in [0.05, 0.1) is 29.4 Å². The van der Waals surface area contributed by atoms with Crippen LogP contribution < -0.4 is 4.90 Å². The normalized spacial score (nSPS) is 18.1. The number of nitro groups is 1. The molecule has 29 heavy (non-hydrogen) atoms. The Labute approximate surface area is 167 Å². The van der Waals surface area contributed by atoms with Gasteiger partial charge in [0.2, 0.25) is 5.89 Å². The van der Waals surface area contributed by atoms with Crippen molar-refractivity contribution in [1.82, 2.24) is 15.0 Å². The molecule has 0 radical (unpaired) electrons. The fourth-order valence-corrected chi connectivity index (χ4v) is 3.87. The highest BCUT2D eigenvalue weighted by Gasteiger charge is 2.30. The molecule has 0 saturated carbocycles. The smallest absolute Gasteiger partial charge is 0.270 e. The molecule has 1 amide bonds. The third-order valence-corrected chi connectivity index (χ3v) is 5.45. The molecule has 10 heteroatoms. The van der Waals surface area contributed by atoms with E-state index < -0.39 is 4.92 Å². The lowest BCUT2D eigenvalue weighted by Gasteiger charge is -2.33. The second-order valence-electron chi connectivity index (χ2n) is 7.30. The van der Waals surface area contributed by atoms with Gasteiger partial charge < -0.3 is 19.1 Å². The summed E-state index contributed by atoms with van der Waals surface area (Å²) < 4.78 is 10.7. The Morgan fingerprint density at radius 2 is 1.93 bits per heavy atom. The van der Waals surface area contributed by atoms with E-state index in [4.69, 9.17) is 9.26 Å². The molecule has 2 aliphatic heterocycles. The van der Waals surface area contributed by atoms with Gasteiger partial charge in [-0.3, -0.25) is 14.9 Å². The van der Waals surface area contributed by atoms with Gasteiger partial charge in [0.25, 0.3) is 11.6 Å². The van der Waals surface area contributed by atoms with Gasteiger partial charge in [-0.2, -0.15) is 4.98 Å². The highest BCUT2D eigenvalue weighted by atomic mass is 16.6. The van der Waals surface area contributed by atoms with E-state index in [1.807, 2.05) is 0 Å². The topological polar surface area (TPSA) is 115 Å². The summed E-state index contributed by atoms with van der Waals surface area (Å²) in [6.45, 7) is 5.29. The average Bonchev–Trinajstić information content (AvgIpc) is 3.20. The number of anilines is 1. The number of benzene rings is 1. The maximum absolute atomic E-state index is 13.3. The number of carbonyl (C=O) groups is 1. The number of non-ortho nitro benzene ring substituents is 1. The molecule has 2 aromatic rings. The molecule has 2 saturated heterocycles. The SMILES string of the molecule is Cc1noc(C2CCN(C(=O)c3cc([N+](=O)[O-])ccc3N3CCOCC3)CC2)n1. The number of aromatic nitrogens is 2. The van der Waals surface area contributed by atoms with Crippen molar-refractivity contribution in [2.24, 2.45) is 0 Å². The zero-order chi connectivity index (χ0) is 20.4. The molecule has 0 N–H and O–H groups in total. The second-order valence-corrected chi connectivity index (χ2v) is 7.30. The molecule has 3 heterocycles. The van der Waals surface area contributed by atoms with Crippen molar-refractivity contribution in [3.05, 3.63) is 45.6 Å². The maximum atomic E-state index is 13.3. The summed E-state index contributed by atoms with van der Waals surface area (Å²) in [5.74, 6) is 1.16. The fraction of sp³-hybridized carbons (Fsp3) is 0.526. The number of hydrogen-bond donors (Lipinski definition) is 0. The fourth-order valence-electron chi connectivity index (χ4n) is 3.87. The van der Waals surface area contributed by atoms with E-state index in [9.17, 15) is 14.9 Å². The van der Waals surface area contributed by atoms with Crippen LogP contribution in [0.25, 0.3) is 0 Å². The van der Waals surface area contributed by atoms with Crippen molar-refractivity contribution in [2.45, 2.75) is 25.7 Å². The van der Waals surface area contributed by atoms with Crippen molar-refractivity contribution in [2.75, 3.05) is 44.3 Å². The lowest BCUT2D eigenvalue weighted by atomic mass is 9.96. The van der Waals surface area contributed by atoms with Gasteiger partial charge in [-0.15, -0.1) is 0 Å². The Morgan fingerprint density at radius 1 is 1.21 bits per heavy atom. The Bertz CT molecular complexity index is 900. The third-order valence-electron chi connectivity index (χ3n) is 5.45. The first kappa shape index (κ1) is 19.3. The zero-order valence-electron chi connectivity index (χ0n) is 16.2. The highest BCUT2D eigenvalue weighted by molar-refractivity contribution is 6.00. The van der Waals surface area contributed by atoms with Crippen LogP contribution in [0.4, 0.5) is 11.4 Å². The molecule has 4 rings (SSSR count). The van der Waals surface area contributed by atoms with Crippen molar-refractivity contribution in [1.29, 1.82) is 0 Å². The highest BCUT2D eigenvalue weighted by Crippen LogP contribution is 2.31. The minimum Gasteiger partial charge on any atom is -0.378 e. The number of hydrogen-bond acceptors (Lipinski definition) is 8. The molecule has 0 spiro atoms. The lowest BCUT2D eigenvalue weighted by Crippen LogP contribution is -2.41. The molecular weight excluding hydrogens is 378 g/mol. The minimum atomic E-state index is -0.468. The first-order chi connectivity index (χ1) is 14.0. The van der Waals surface area contributed by atoms with Crippen LogP contribution in [0.2, 0.25) is 0 Å². The van der Waals surface area contributed by atoms with Gasteiger partial charge in [-0.1, -0.05) is 5.16 Å². The van der Waals surface area contributed by atoms with E-state index >= 15 is 0 Å². The van der Waals surface area contributed by atoms with Crippen LogP contribution in [0.15, 0.2) is 22.7 Å². The molecule has 2 fully saturated rings. The Balaban J connectivity index is 1.54. The van der Waals surface area contributed by atoms with E-state index in [2.05, 4.69) is 15.0 Å². The Hall–Kier alpha value is -3.01. The van der Waals surface area contributed by atoms with Gasteiger partial charge in [0.1, 0.15) is 0 Å². The summed E-state index contributed by atoms with van der Waals surface area (Å²) >= 11 is 0. The van der Waals surface area contributed by atoms with Gasteiger partial charge in [0.15, 0.2) is 5.82 Å². The largest absolute Gasteiger partial charge is 0.378 e. The van der Waals surface area contributed by atoms with Crippen LogP contribution in [-0.4, -0.2) is 65.3 Å². The monoisotopic (exact) mass is 401 g/mol. The molecule has 1 aromatic carbocycles. The van der Waals surface area contributed by atoms with Crippen LogP contribution >= 0.6 is 0 Å². The molecule has 2 aliphatic rings. The summed E-state index contributed by atoms with van der Waals surface area (Å²) in [5, 5.41) is 15.1. The van der Waals surface area contributed by atoms with Gasteiger partial charge in [0, 0.05) is 44.2 Å². The van der Waals surface area contributed by atoms with Gasteiger partial charge in [-0.25, -0.2) is 0 Å². The third kappa shape index (κ3) is 4.07. The van der Waals surface area contributed by atoms with E-state index in [1.54, 1.807) is 17.9 Å². The molecule has 0 aliphatic carbocycles. The molecule has 10 nitrogen and oxygen atoms in total. The van der Waals surface area contributed by atoms with Gasteiger partial charge in [-0.05, 0) is 25.8 Å². The molecular formula is C19H23N5O5. The zero-order valence-corrected chi connectivity index (χ0v) is 16.2. The molecule has 0 unspecified atom stereocenters. The summed E-state index contributed by atoms with van der Waals surface area (Å²) in [6, 6.07) is 4.51. The standard InChI is InChI=1S/C19H23N5O5/c1-13-20-18(29-21-13)14-4-6-23(7-5-14)19(25)16-12-15(24(26)27)2-3-17(16)22-8-10-28-11-9-22/h2-3,12,14H,4-11H2,1H3. The quantitative estimate of drug-likeness (QED) is 0.565. The summed E-state index contributed by atoms with van der Waals surface area (Å²) in [5.41, 5.74) is 1.01. The van der Waals surface area contributed by atoms with Crippen LogP contribution in [0, 0.1) is 17.0 Å². The number of rotatable bonds is 4. The van der Waals surface area contributed by atoms with Gasteiger partial charge >= 0.3 is 0 Å². The van der Waals surface area contributed by atoms with Crippen LogP contribution in [0.5, 0.6) is 0 Å². The number of carbonyl (C=O) groups excluding carboxylic acids is 1. The average molecular weight is 401 g/mol. The van der Waals surface area contributed by atoms with E-state index in [1.165, 1.54) is 12.1 Å². The summed E-state index contributed by atoms with van der Waals surface area (Å²) in [6.07, 6.45) is 1.43. The molecule has 0 bridgehead atoms. The number of nitro benzene ring substituents is 1. The van der Waals surface area contributed by atoms with Crippen LogP contribution in [0.3, 0.4) is 0 Å². The first-order valence-corrected chi connectivity index (χ1v) is 9.73. The molecule has 1 aromatic heterocycles. The number of aryl methyl sites for hydroxylation is 1. The van der Waals surface area contributed by atoms with Crippen molar-refractivity contribution >= 4 is 17.3 Å². The van der Waals surface area contributed by atoms with E-state index in [0.717, 1.165) is 18.5 Å². The number of amides is 1. The minimum absolute atomic E-state index is 0.0819. The summed E-state index contributed by atoms with van der Waals surface area (Å²) in [4.78, 5) is 32.2. The van der Waals surface area contributed by atoms with Crippen molar-refractivity contribution < 1.29 is 19.0 Å². The van der Waals surface area contributed by atoms with E-state index in [-0.39, 0.29) is 17.5 Å². The number of piperidine rings is 1. The molecule has 0 atom stereocenters. The van der Waals surface area contributed by atoms with Crippen LogP contribution in [-0.2, 0) is 4.74 Å². The predicted octanol–water partition coefficient (Wildman–Crippen LogP) is 2.14. The number of ether oxygens (including phenoxy) is 1. The summed E-state index contributed by atoms with van der Waals surface area (Å²) in [7, 11) is 0. The second kappa shape index (κ2) is 8.16. The van der Waals surface area contributed by atoms with Crippen LogP contribution in [0.1, 0.15) is 40.8 Å². The van der Waals surface area contributed by atoms with Crippen molar-refractivity contribution in [3.63, 3.8) is 0 Å². The van der Waals surface area contributed by atoms with E-state index in [0.29, 0.717) is 56.7 Å². The maximum Gasteiger partial charge on any atom is 0.270 e. The molecule has 154 valence electrons. The lowest BCUT2D eigenvalue weighted by molar-refractivity contribution is -0.384. The number of nitrogens with zero attached hydrogens (tertiary/aromatic N) is 5. The number of morpholine rings is 1. The predicted molar refractivity (Wildman–Crippen MR) is 103 cm³/mol. The Kier molecular flexibility index (Phi) is 5.43. The van der Waals surface area contributed by atoms with Crippen molar-refractivity contribution in [3.8, 4) is 0 Å². The Morgan fingerprint density at radius 3 is 2.55 bits per heavy atom.